The van der Waals surface area contributed by atoms with Gasteiger partial charge in [-0.15, -0.1) is 0 Å². The van der Waals surface area contributed by atoms with Crippen molar-refractivity contribution < 1.29 is 23.8 Å². The molecule has 152 valence electrons. The molecule has 0 aliphatic rings. The third-order valence-corrected chi connectivity index (χ3v) is 4.30. The van der Waals surface area contributed by atoms with E-state index in [1.54, 1.807) is 12.1 Å². The van der Waals surface area contributed by atoms with Crippen molar-refractivity contribution in [2.24, 2.45) is 0 Å². The highest BCUT2D eigenvalue weighted by molar-refractivity contribution is 6.32. The Labute approximate surface area is 167 Å². The lowest BCUT2D eigenvalue weighted by atomic mass is 10.1. The van der Waals surface area contributed by atoms with Gasteiger partial charge in [-0.2, -0.15) is 0 Å². The maximum atomic E-state index is 11.6. The summed E-state index contributed by atoms with van der Waals surface area (Å²) in [5.74, 6) is -0.250. The number of hydrogen-bond acceptors (Lipinski definition) is 5. The summed E-state index contributed by atoms with van der Waals surface area (Å²) >= 11 is 5.96. The van der Waals surface area contributed by atoms with Crippen LogP contribution in [-0.2, 0) is 19.1 Å². The second-order valence-corrected chi connectivity index (χ2v) is 6.75. The second kappa shape index (κ2) is 15.3. The van der Waals surface area contributed by atoms with Crippen molar-refractivity contribution in [3.05, 3.63) is 29.3 Å². The molecule has 0 heterocycles. The number of unbranched alkanes of at least 4 members (excludes halogenated alkanes) is 6. The van der Waals surface area contributed by atoms with Gasteiger partial charge in [-0.25, -0.2) is 0 Å². The molecule has 1 aromatic rings. The highest BCUT2D eigenvalue weighted by atomic mass is 35.5. The molecule has 6 heteroatoms. The normalized spacial score (nSPS) is 10.4. The molecule has 0 amide bonds. The van der Waals surface area contributed by atoms with Crippen molar-refractivity contribution in [1.29, 1.82) is 0 Å². The molecule has 1 aromatic carbocycles. The van der Waals surface area contributed by atoms with Gasteiger partial charge in [0.05, 0.1) is 24.5 Å². The van der Waals surface area contributed by atoms with Gasteiger partial charge in [0.2, 0.25) is 0 Å². The SMILES string of the molecule is CCCCCCCCCOC(=O)CCC(=O)OCCOc1ccccc1Cl. The number of para-hydroxylation sites is 1. The molecular formula is C21H31ClO5. The Kier molecular flexibility index (Phi) is 13.2. The molecule has 0 spiro atoms. The summed E-state index contributed by atoms with van der Waals surface area (Å²) in [6, 6.07) is 7.08. The van der Waals surface area contributed by atoms with Gasteiger partial charge in [-0.3, -0.25) is 9.59 Å². The summed E-state index contributed by atoms with van der Waals surface area (Å²) < 4.78 is 15.6. The largest absolute Gasteiger partial charge is 0.488 e. The molecule has 1 rings (SSSR count). The first kappa shape index (κ1) is 23.3. The predicted octanol–water partition coefficient (Wildman–Crippen LogP) is 5.34. The zero-order chi connectivity index (χ0) is 19.7. The van der Waals surface area contributed by atoms with Crippen LogP contribution < -0.4 is 4.74 Å². The van der Waals surface area contributed by atoms with Gasteiger partial charge < -0.3 is 14.2 Å². The Balaban J connectivity index is 1.96. The standard InChI is InChI=1S/C21H31ClO5/c1-2-3-4-5-6-7-10-15-26-20(23)13-14-21(24)27-17-16-25-19-12-9-8-11-18(19)22/h8-9,11-12H,2-7,10,13-17H2,1H3. The van der Waals surface area contributed by atoms with Crippen molar-refractivity contribution >= 4 is 23.5 Å². The molecule has 0 radical (unpaired) electrons. The van der Waals surface area contributed by atoms with E-state index < -0.39 is 5.97 Å². The number of benzene rings is 1. The zero-order valence-electron chi connectivity index (χ0n) is 16.2. The number of hydrogen-bond donors (Lipinski definition) is 0. The van der Waals surface area contributed by atoms with Crippen LogP contribution in [0.5, 0.6) is 5.75 Å². The Hall–Kier alpha value is -1.75. The van der Waals surface area contributed by atoms with Gasteiger partial charge in [0.1, 0.15) is 19.0 Å². The van der Waals surface area contributed by atoms with Crippen LogP contribution in [0.2, 0.25) is 5.02 Å². The van der Waals surface area contributed by atoms with Crippen LogP contribution in [0.25, 0.3) is 0 Å². The van der Waals surface area contributed by atoms with Crippen molar-refractivity contribution in [1.82, 2.24) is 0 Å². The lowest BCUT2D eigenvalue weighted by Gasteiger charge is -2.08. The van der Waals surface area contributed by atoms with E-state index in [1.807, 2.05) is 12.1 Å². The topological polar surface area (TPSA) is 61.8 Å². The van der Waals surface area contributed by atoms with Crippen LogP contribution in [0, 0.1) is 0 Å². The summed E-state index contributed by atoms with van der Waals surface area (Å²) in [4.78, 5) is 23.2. The third-order valence-electron chi connectivity index (χ3n) is 3.98. The first-order valence-corrected chi connectivity index (χ1v) is 10.2. The monoisotopic (exact) mass is 398 g/mol. The Bertz CT molecular complexity index is 547. The molecule has 0 fully saturated rings. The van der Waals surface area contributed by atoms with Gasteiger partial charge in [0.25, 0.3) is 0 Å². The molecule has 5 nitrogen and oxygen atoms in total. The number of carbonyl (C=O) groups excluding carboxylic acids is 2. The average Bonchev–Trinajstić information content (AvgIpc) is 2.67. The van der Waals surface area contributed by atoms with Gasteiger partial charge in [0, 0.05) is 0 Å². The van der Waals surface area contributed by atoms with Crippen molar-refractivity contribution in [2.45, 2.75) is 64.7 Å². The first-order chi connectivity index (χ1) is 13.1. The second-order valence-electron chi connectivity index (χ2n) is 6.34. The summed E-state index contributed by atoms with van der Waals surface area (Å²) in [7, 11) is 0. The van der Waals surface area contributed by atoms with Crippen LogP contribution in [0.1, 0.15) is 64.7 Å². The van der Waals surface area contributed by atoms with E-state index in [2.05, 4.69) is 6.92 Å². The molecule has 0 bridgehead atoms. The number of esters is 2. The molecule has 0 atom stereocenters. The van der Waals surface area contributed by atoms with Gasteiger partial charge in [-0.1, -0.05) is 69.2 Å². The van der Waals surface area contributed by atoms with Gasteiger partial charge >= 0.3 is 11.9 Å². The van der Waals surface area contributed by atoms with Crippen LogP contribution in [0.3, 0.4) is 0 Å². The number of ether oxygens (including phenoxy) is 3. The summed E-state index contributed by atoms with van der Waals surface area (Å²) in [6.45, 7) is 2.94. The van der Waals surface area contributed by atoms with Crippen molar-refractivity contribution in [2.75, 3.05) is 19.8 Å². The smallest absolute Gasteiger partial charge is 0.306 e. The summed E-state index contributed by atoms with van der Waals surface area (Å²) in [6.07, 6.45) is 8.25. The summed E-state index contributed by atoms with van der Waals surface area (Å²) in [5.41, 5.74) is 0. The van der Waals surface area contributed by atoms with Gasteiger partial charge in [0.15, 0.2) is 0 Å². The van der Waals surface area contributed by atoms with E-state index in [-0.39, 0.29) is 32.0 Å². The fourth-order valence-electron chi connectivity index (χ4n) is 2.46. The highest BCUT2D eigenvalue weighted by Crippen LogP contribution is 2.22. The van der Waals surface area contributed by atoms with Crippen molar-refractivity contribution in [3.8, 4) is 5.75 Å². The Morgan fingerprint density at radius 2 is 1.41 bits per heavy atom. The number of carbonyl (C=O) groups is 2. The molecule has 0 saturated carbocycles. The minimum Gasteiger partial charge on any atom is -0.488 e. The first-order valence-electron chi connectivity index (χ1n) is 9.82. The minimum absolute atomic E-state index is 0.0158. The predicted molar refractivity (Wildman–Crippen MR) is 106 cm³/mol. The van der Waals surface area contributed by atoms with Crippen LogP contribution in [-0.4, -0.2) is 31.8 Å². The Morgan fingerprint density at radius 3 is 2.07 bits per heavy atom. The quantitative estimate of drug-likeness (QED) is 0.295. The van der Waals surface area contributed by atoms with E-state index in [0.29, 0.717) is 17.4 Å². The summed E-state index contributed by atoms with van der Waals surface area (Å²) in [5, 5.41) is 0.507. The maximum absolute atomic E-state index is 11.6. The molecule has 0 aromatic heterocycles. The van der Waals surface area contributed by atoms with E-state index in [0.717, 1.165) is 12.8 Å². The maximum Gasteiger partial charge on any atom is 0.306 e. The molecule has 0 N–H and O–H groups in total. The van der Waals surface area contributed by atoms with Crippen molar-refractivity contribution in [3.63, 3.8) is 0 Å². The van der Waals surface area contributed by atoms with Crippen LogP contribution in [0.15, 0.2) is 24.3 Å². The molecular weight excluding hydrogens is 368 g/mol. The van der Waals surface area contributed by atoms with E-state index >= 15 is 0 Å². The Morgan fingerprint density at radius 1 is 0.815 bits per heavy atom. The number of halogens is 1. The third kappa shape index (κ3) is 12.3. The van der Waals surface area contributed by atoms with Crippen LogP contribution >= 0.6 is 11.6 Å². The zero-order valence-corrected chi connectivity index (χ0v) is 17.0. The lowest BCUT2D eigenvalue weighted by molar-refractivity contribution is -0.150. The van der Waals surface area contributed by atoms with E-state index in [1.165, 1.54) is 32.1 Å². The van der Waals surface area contributed by atoms with E-state index in [4.69, 9.17) is 25.8 Å². The molecule has 27 heavy (non-hydrogen) atoms. The van der Waals surface area contributed by atoms with E-state index in [9.17, 15) is 9.59 Å². The minimum atomic E-state index is -0.439. The van der Waals surface area contributed by atoms with Gasteiger partial charge in [-0.05, 0) is 18.6 Å². The average molecular weight is 399 g/mol. The molecule has 0 aliphatic carbocycles. The molecule has 0 saturated heterocycles. The van der Waals surface area contributed by atoms with Crippen LogP contribution in [0.4, 0.5) is 0 Å². The number of rotatable bonds is 15. The fourth-order valence-corrected chi connectivity index (χ4v) is 2.65. The molecule has 0 unspecified atom stereocenters. The lowest BCUT2D eigenvalue weighted by Crippen LogP contribution is -2.14. The highest BCUT2D eigenvalue weighted by Gasteiger charge is 2.09. The fraction of sp³-hybridized carbons (Fsp3) is 0.619. The molecule has 0 aliphatic heterocycles.